The first kappa shape index (κ1) is 15.2. The van der Waals surface area contributed by atoms with Gasteiger partial charge in [0.05, 0.1) is 10.5 Å². The van der Waals surface area contributed by atoms with Crippen molar-refractivity contribution in [3.63, 3.8) is 0 Å². The van der Waals surface area contributed by atoms with Crippen LogP contribution in [-0.4, -0.2) is 33.6 Å². The second kappa shape index (κ2) is 6.08. The lowest BCUT2D eigenvalue weighted by molar-refractivity contribution is -0.384. The predicted octanol–water partition coefficient (Wildman–Crippen LogP) is 2.99. The van der Waals surface area contributed by atoms with E-state index >= 15 is 0 Å². The van der Waals surface area contributed by atoms with E-state index in [1.54, 1.807) is 6.07 Å². The van der Waals surface area contributed by atoms with Crippen LogP contribution in [0.25, 0.3) is 0 Å². The fourth-order valence-corrected chi connectivity index (χ4v) is 2.69. The van der Waals surface area contributed by atoms with Gasteiger partial charge < -0.3 is 5.11 Å². The van der Waals surface area contributed by atoms with E-state index in [2.05, 4.69) is 4.90 Å². The molecule has 1 saturated heterocycles. The molecule has 0 amide bonds. The Hall–Kier alpha value is -1.17. The number of nitro groups is 1. The Morgan fingerprint density at radius 3 is 2.90 bits per heavy atom. The minimum Gasteiger partial charge on any atom is -0.390 e. The molecule has 1 unspecified atom stereocenters. The lowest BCUT2D eigenvalue weighted by Crippen LogP contribution is -2.28. The number of aliphatic hydroxyl groups is 1. The van der Waals surface area contributed by atoms with E-state index in [1.165, 1.54) is 12.1 Å². The minimum atomic E-state index is -0.610. The van der Waals surface area contributed by atoms with E-state index in [1.807, 2.05) is 6.92 Å². The maximum Gasteiger partial charge on any atom is 0.269 e. The number of halogens is 1. The SMILES string of the molecule is CC1(O)CCCN(Cc2cc([N+](=O)[O-])ccc2Cl)CC1. The van der Waals surface area contributed by atoms with Crippen LogP contribution in [0, 0.1) is 10.1 Å². The van der Waals surface area contributed by atoms with Gasteiger partial charge in [-0.3, -0.25) is 15.0 Å². The van der Waals surface area contributed by atoms with E-state index in [0.717, 1.165) is 31.5 Å². The molecule has 0 radical (unpaired) electrons. The van der Waals surface area contributed by atoms with Crippen LogP contribution in [-0.2, 0) is 6.54 Å². The second-order valence-electron chi connectivity index (χ2n) is 5.66. The van der Waals surface area contributed by atoms with Crippen LogP contribution < -0.4 is 0 Å². The lowest BCUT2D eigenvalue weighted by atomic mass is 9.98. The van der Waals surface area contributed by atoms with Gasteiger partial charge in [0.1, 0.15) is 0 Å². The van der Waals surface area contributed by atoms with E-state index in [-0.39, 0.29) is 5.69 Å². The van der Waals surface area contributed by atoms with Gasteiger partial charge in [0.15, 0.2) is 0 Å². The summed E-state index contributed by atoms with van der Waals surface area (Å²) < 4.78 is 0. The van der Waals surface area contributed by atoms with E-state index < -0.39 is 10.5 Å². The number of hydrogen-bond acceptors (Lipinski definition) is 4. The first-order chi connectivity index (χ1) is 9.37. The van der Waals surface area contributed by atoms with Gasteiger partial charge in [-0.05, 0) is 44.4 Å². The first-order valence-corrected chi connectivity index (χ1v) is 7.13. The van der Waals surface area contributed by atoms with Gasteiger partial charge in [-0.1, -0.05) is 11.6 Å². The molecule has 1 heterocycles. The number of nitrogens with zero attached hydrogens (tertiary/aromatic N) is 2. The number of nitro benzene ring substituents is 1. The number of non-ortho nitro benzene ring substituents is 1. The highest BCUT2D eigenvalue weighted by molar-refractivity contribution is 6.31. The highest BCUT2D eigenvalue weighted by Gasteiger charge is 2.25. The van der Waals surface area contributed by atoms with Crippen molar-refractivity contribution < 1.29 is 10.0 Å². The molecule has 110 valence electrons. The molecule has 1 aliphatic rings. The van der Waals surface area contributed by atoms with E-state index in [0.29, 0.717) is 18.0 Å². The van der Waals surface area contributed by atoms with Crippen molar-refractivity contribution in [3.8, 4) is 0 Å². The van der Waals surface area contributed by atoms with Crippen LogP contribution in [0.5, 0.6) is 0 Å². The third-order valence-electron chi connectivity index (χ3n) is 3.79. The monoisotopic (exact) mass is 298 g/mol. The molecule has 1 atom stereocenters. The van der Waals surface area contributed by atoms with Crippen molar-refractivity contribution in [2.24, 2.45) is 0 Å². The van der Waals surface area contributed by atoms with Crippen LogP contribution >= 0.6 is 11.6 Å². The maximum absolute atomic E-state index is 10.8. The summed E-state index contributed by atoms with van der Waals surface area (Å²) in [5.74, 6) is 0. The Balaban J connectivity index is 2.09. The lowest BCUT2D eigenvalue weighted by Gasteiger charge is -2.22. The average molecular weight is 299 g/mol. The van der Waals surface area contributed by atoms with Gasteiger partial charge >= 0.3 is 0 Å². The quantitative estimate of drug-likeness (QED) is 0.688. The molecule has 0 aliphatic carbocycles. The number of benzene rings is 1. The smallest absolute Gasteiger partial charge is 0.269 e. The van der Waals surface area contributed by atoms with Crippen LogP contribution in [0.4, 0.5) is 5.69 Å². The summed E-state index contributed by atoms with van der Waals surface area (Å²) in [5, 5.41) is 21.4. The Morgan fingerprint density at radius 2 is 2.20 bits per heavy atom. The van der Waals surface area contributed by atoms with Crippen LogP contribution in [0.1, 0.15) is 31.7 Å². The van der Waals surface area contributed by atoms with E-state index in [9.17, 15) is 15.2 Å². The molecule has 6 heteroatoms. The Bertz CT molecular complexity index is 505. The van der Waals surface area contributed by atoms with Gasteiger partial charge in [0.2, 0.25) is 0 Å². The molecular formula is C14H19ClN2O3. The van der Waals surface area contributed by atoms with Crippen molar-refractivity contribution in [1.29, 1.82) is 0 Å². The molecule has 5 nitrogen and oxygen atoms in total. The van der Waals surface area contributed by atoms with Crippen LogP contribution in [0.2, 0.25) is 5.02 Å². The topological polar surface area (TPSA) is 66.6 Å². The van der Waals surface area contributed by atoms with Gasteiger partial charge in [-0.15, -0.1) is 0 Å². The second-order valence-corrected chi connectivity index (χ2v) is 6.07. The van der Waals surface area contributed by atoms with Gasteiger partial charge in [-0.25, -0.2) is 0 Å². The summed E-state index contributed by atoms with van der Waals surface area (Å²) in [7, 11) is 0. The highest BCUT2D eigenvalue weighted by atomic mass is 35.5. The summed E-state index contributed by atoms with van der Waals surface area (Å²) in [6, 6.07) is 4.52. The normalized spacial score (nSPS) is 24.4. The maximum atomic E-state index is 10.8. The first-order valence-electron chi connectivity index (χ1n) is 6.75. The van der Waals surface area contributed by atoms with Crippen molar-refractivity contribution in [2.75, 3.05) is 13.1 Å². The van der Waals surface area contributed by atoms with Crippen molar-refractivity contribution in [1.82, 2.24) is 4.90 Å². The summed E-state index contributed by atoms with van der Waals surface area (Å²) in [6.07, 6.45) is 2.41. The predicted molar refractivity (Wildman–Crippen MR) is 77.9 cm³/mol. The Morgan fingerprint density at radius 1 is 1.45 bits per heavy atom. The molecule has 0 spiro atoms. The fourth-order valence-electron chi connectivity index (χ4n) is 2.51. The summed E-state index contributed by atoms with van der Waals surface area (Å²) in [4.78, 5) is 12.6. The largest absolute Gasteiger partial charge is 0.390 e. The summed E-state index contributed by atoms with van der Waals surface area (Å²) in [6.45, 7) is 4.08. The molecule has 1 fully saturated rings. The molecule has 1 aromatic carbocycles. The fraction of sp³-hybridized carbons (Fsp3) is 0.571. The molecule has 0 saturated carbocycles. The molecule has 0 aromatic heterocycles. The van der Waals surface area contributed by atoms with E-state index in [4.69, 9.17) is 11.6 Å². The zero-order chi connectivity index (χ0) is 14.8. The third kappa shape index (κ3) is 3.91. The highest BCUT2D eigenvalue weighted by Crippen LogP contribution is 2.26. The molecule has 20 heavy (non-hydrogen) atoms. The minimum absolute atomic E-state index is 0.0613. The molecule has 2 rings (SSSR count). The number of rotatable bonds is 3. The molecule has 1 N–H and O–H groups in total. The van der Waals surface area contributed by atoms with Crippen LogP contribution in [0.15, 0.2) is 18.2 Å². The third-order valence-corrected chi connectivity index (χ3v) is 4.16. The zero-order valence-corrected chi connectivity index (χ0v) is 12.3. The number of likely N-dealkylation sites (tertiary alicyclic amines) is 1. The van der Waals surface area contributed by atoms with Crippen molar-refractivity contribution in [2.45, 2.75) is 38.3 Å². The molecular weight excluding hydrogens is 280 g/mol. The van der Waals surface area contributed by atoms with Crippen LogP contribution in [0.3, 0.4) is 0 Å². The Labute approximate surface area is 123 Å². The Kier molecular flexibility index (Phi) is 4.62. The standard InChI is InChI=1S/C14H19ClN2O3/c1-14(18)5-2-7-16(8-6-14)10-11-9-12(17(19)20)3-4-13(11)15/h3-4,9,18H,2,5-8,10H2,1H3. The molecule has 0 bridgehead atoms. The van der Waals surface area contributed by atoms with Gasteiger partial charge in [-0.2, -0.15) is 0 Å². The summed E-state index contributed by atoms with van der Waals surface area (Å²) in [5.41, 5.74) is 0.218. The average Bonchev–Trinajstić information content (AvgIpc) is 2.53. The van der Waals surface area contributed by atoms with Crippen molar-refractivity contribution in [3.05, 3.63) is 38.9 Å². The van der Waals surface area contributed by atoms with Crippen molar-refractivity contribution >= 4 is 17.3 Å². The van der Waals surface area contributed by atoms with Gasteiger partial charge in [0, 0.05) is 30.2 Å². The van der Waals surface area contributed by atoms with Gasteiger partial charge in [0.25, 0.3) is 5.69 Å². The molecule has 1 aliphatic heterocycles. The summed E-state index contributed by atoms with van der Waals surface area (Å²) >= 11 is 6.12. The number of hydrogen-bond donors (Lipinski definition) is 1. The molecule has 1 aromatic rings. The zero-order valence-electron chi connectivity index (χ0n) is 11.5.